The summed E-state index contributed by atoms with van der Waals surface area (Å²) in [5, 5.41) is 13.9. The first-order valence-electron chi connectivity index (χ1n) is 6.19. The summed E-state index contributed by atoms with van der Waals surface area (Å²) in [6, 6.07) is 6.98. The van der Waals surface area contributed by atoms with Gasteiger partial charge in [-0.3, -0.25) is 15.1 Å². The van der Waals surface area contributed by atoms with Gasteiger partial charge in [0.05, 0.1) is 19.1 Å². The van der Waals surface area contributed by atoms with E-state index in [2.05, 4.69) is 10.3 Å². The molecular formula is C14H15N3O4. The lowest BCUT2D eigenvalue weighted by Gasteiger charge is -2.12. The SMILES string of the molecule is COc1ccc(CNc2ccncc2[N+](=O)[O-])c(OC)c1. The number of hydrogen-bond donors (Lipinski definition) is 1. The molecule has 0 saturated carbocycles. The van der Waals surface area contributed by atoms with Crippen LogP contribution < -0.4 is 14.8 Å². The van der Waals surface area contributed by atoms with Crippen LogP contribution in [0.15, 0.2) is 36.7 Å². The normalized spacial score (nSPS) is 10.0. The fraction of sp³-hybridized carbons (Fsp3) is 0.214. The van der Waals surface area contributed by atoms with E-state index >= 15 is 0 Å². The molecule has 0 amide bonds. The zero-order valence-corrected chi connectivity index (χ0v) is 11.7. The Bertz CT molecular complexity index is 646. The van der Waals surface area contributed by atoms with Crippen LogP contribution >= 0.6 is 0 Å². The molecule has 0 spiro atoms. The number of benzene rings is 1. The third kappa shape index (κ3) is 3.38. The van der Waals surface area contributed by atoms with Gasteiger partial charge in [-0.1, -0.05) is 0 Å². The second-order valence-corrected chi connectivity index (χ2v) is 4.18. The van der Waals surface area contributed by atoms with Crippen LogP contribution in [0.3, 0.4) is 0 Å². The van der Waals surface area contributed by atoms with E-state index in [-0.39, 0.29) is 5.69 Å². The molecule has 1 aromatic heterocycles. The molecule has 21 heavy (non-hydrogen) atoms. The minimum absolute atomic E-state index is 0.0648. The zero-order valence-electron chi connectivity index (χ0n) is 11.7. The maximum Gasteiger partial charge on any atom is 0.310 e. The smallest absolute Gasteiger partial charge is 0.310 e. The predicted molar refractivity (Wildman–Crippen MR) is 77.8 cm³/mol. The van der Waals surface area contributed by atoms with Crippen molar-refractivity contribution >= 4 is 11.4 Å². The minimum atomic E-state index is -0.472. The van der Waals surface area contributed by atoms with Crippen LogP contribution in [0.25, 0.3) is 0 Å². The van der Waals surface area contributed by atoms with Crippen molar-refractivity contribution in [1.29, 1.82) is 0 Å². The highest BCUT2D eigenvalue weighted by atomic mass is 16.6. The topological polar surface area (TPSA) is 86.5 Å². The molecule has 0 radical (unpaired) electrons. The Labute approximate surface area is 121 Å². The molecule has 2 rings (SSSR count). The number of nitrogens with one attached hydrogen (secondary N) is 1. The Morgan fingerprint density at radius 3 is 2.76 bits per heavy atom. The van der Waals surface area contributed by atoms with Crippen LogP contribution in [0.4, 0.5) is 11.4 Å². The van der Waals surface area contributed by atoms with Crippen molar-refractivity contribution in [1.82, 2.24) is 4.98 Å². The van der Waals surface area contributed by atoms with Crippen molar-refractivity contribution in [2.24, 2.45) is 0 Å². The van der Waals surface area contributed by atoms with Gasteiger partial charge in [0.25, 0.3) is 0 Å². The molecular weight excluding hydrogens is 274 g/mol. The average Bonchev–Trinajstić information content (AvgIpc) is 2.52. The van der Waals surface area contributed by atoms with Crippen LogP contribution in [0.1, 0.15) is 5.56 Å². The molecule has 0 saturated heterocycles. The molecule has 1 heterocycles. The van der Waals surface area contributed by atoms with E-state index in [9.17, 15) is 10.1 Å². The van der Waals surface area contributed by atoms with Gasteiger partial charge in [0, 0.05) is 24.4 Å². The first-order valence-corrected chi connectivity index (χ1v) is 6.19. The van der Waals surface area contributed by atoms with Gasteiger partial charge in [0.1, 0.15) is 23.4 Å². The van der Waals surface area contributed by atoms with Gasteiger partial charge in [-0.15, -0.1) is 0 Å². The molecule has 0 aliphatic rings. The van der Waals surface area contributed by atoms with Crippen molar-refractivity contribution < 1.29 is 14.4 Å². The van der Waals surface area contributed by atoms with Gasteiger partial charge >= 0.3 is 5.69 Å². The van der Waals surface area contributed by atoms with Crippen LogP contribution in [-0.4, -0.2) is 24.1 Å². The largest absolute Gasteiger partial charge is 0.497 e. The van der Waals surface area contributed by atoms with Gasteiger partial charge in [0.15, 0.2) is 0 Å². The molecule has 110 valence electrons. The first kappa shape index (κ1) is 14.6. The number of hydrogen-bond acceptors (Lipinski definition) is 6. The number of nitrogens with zero attached hydrogens (tertiary/aromatic N) is 2. The molecule has 0 bridgehead atoms. The van der Waals surface area contributed by atoms with Crippen LogP contribution in [0, 0.1) is 10.1 Å². The van der Waals surface area contributed by atoms with E-state index in [1.165, 1.54) is 12.4 Å². The summed E-state index contributed by atoms with van der Waals surface area (Å²) in [5.41, 5.74) is 1.21. The number of nitro groups is 1. The van der Waals surface area contributed by atoms with Gasteiger partial charge in [-0.2, -0.15) is 0 Å². The summed E-state index contributed by atoms with van der Waals surface area (Å²) in [5.74, 6) is 1.34. The van der Waals surface area contributed by atoms with E-state index < -0.39 is 4.92 Å². The summed E-state index contributed by atoms with van der Waals surface area (Å²) in [7, 11) is 3.14. The Hall–Kier alpha value is -2.83. The van der Waals surface area contributed by atoms with Crippen molar-refractivity contribution in [2.75, 3.05) is 19.5 Å². The highest BCUT2D eigenvalue weighted by Gasteiger charge is 2.13. The number of pyridine rings is 1. The molecule has 2 aromatic rings. The third-order valence-corrected chi connectivity index (χ3v) is 2.96. The molecule has 0 atom stereocenters. The fourth-order valence-corrected chi connectivity index (χ4v) is 1.87. The van der Waals surface area contributed by atoms with Gasteiger partial charge in [-0.05, 0) is 18.2 Å². The van der Waals surface area contributed by atoms with Crippen molar-refractivity contribution in [3.8, 4) is 11.5 Å². The summed E-state index contributed by atoms with van der Waals surface area (Å²) in [4.78, 5) is 14.2. The van der Waals surface area contributed by atoms with Gasteiger partial charge in [0.2, 0.25) is 0 Å². The van der Waals surface area contributed by atoms with Gasteiger partial charge < -0.3 is 14.8 Å². The van der Waals surface area contributed by atoms with E-state index in [0.717, 1.165) is 5.56 Å². The van der Waals surface area contributed by atoms with Crippen molar-refractivity contribution in [2.45, 2.75) is 6.54 Å². The predicted octanol–water partition coefficient (Wildman–Crippen LogP) is 2.62. The molecule has 0 aliphatic heterocycles. The monoisotopic (exact) mass is 289 g/mol. The molecule has 7 nitrogen and oxygen atoms in total. The van der Waals surface area contributed by atoms with E-state index in [1.54, 1.807) is 32.4 Å². The molecule has 0 aliphatic carbocycles. The summed E-state index contributed by atoms with van der Waals surface area (Å²) < 4.78 is 10.4. The van der Waals surface area contributed by atoms with E-state index in [0.29, 0.717) is 23.7 Å². The summed E-state index contributed by atoms with van der Waals surface area (Å²) >= 11 is 0. The molecule has 1 aromatic carbocycles. The second-order valence-electron chi connectivity index (χ2n) is 4.18. The minimum Gasteiger partial charge on any atom is -0.497 e. The van der Waals surface area contributed by atoms with Crippen molar-refractivity contribution in [3.05, 3.63) is 52.3 Å². The van der Waals surface area contributed by atoms with Crippen molar-refractivity contribution in [3.63, 3.8) is 0 Å². The molecule has 0 fully saturated rings. The second kappa shape index (κ2) is 6.56. The lowest BCUT2D eigenvalue weighted by Crippen LogP contribution is -2.04. The lowest BCUT2D eigenvalue weighted by atomic mass is 10.2. The van der Waals surface area contributed by atoms with Crippen LogP contribution in [0.2, 0.25) is 0 Å². The highest BCUT2D eigenvalue weighted by Crippen LogP contribution is 2.27. The van der Waals surface area contributed by atoms with Crippen LogP contribution in [0.5, 0.6) is 11.5 Å². The lowest BCUT2D eigenvalue weighted by molar-refractivity contribution is -0.384. The molecule has 1 N–H and O–H groups in total. The number of aromatic nitrogens is 1. The Balaban J connectivity index is 2.19. The summed E-state index contributed by atoms with van der Waals surface area (Å²) in [6.45, 7) is 0.387. The zero-order chi connectivity index (χ0) is 15.2. The highest BCUT2D eigenvalue weighted by molar-refractivity contribution is 5.60. The third-order valence-electron chi connectivity index (χ3n) is 2.96. The standard InChI is InChI=1S/C14H15N3O4/c1-20-11-4-3-10(14(7-11)21-2)8-16-12-5-6-15-9-13(12)17(18)19/h3-7,9H,8H2,1-2H3,(H,15,16). The average molecular weight is 289 g/mol. The number of ether oxygens (including phenoxy) is 2. The number of rotatable bonds is 6. The first-order chi connectivity index (χ1) is 10.2. The quantitative estimate of drug-likeness (QED) is 0.649. The maximum absolute atomic E-state index is 10.9. The van der Waals surface area contributed by atoms with E-state index in [4.69, 9.17) is 9.47 Å². The molecule has 0 unspecified atom stereocenters. The maximum atomic E-state index is 10.9. The van der Waals surface area contributed by atoms with E-state index in [1.807, 2.05) is 6.07 Å². The van der Waals surface area contributed by atoms with Gasteiger partial charge in [-0.25, -0.2) is 0 Å². The number of anilines is 1. The van der Waals surface area contributed by atoms with Crippen LogP contribution in [-0.2, 0) is 6.54 Å². The summed E-state index contributed by atoms with van der Waals surface area (Å²) in [6.07, 6.45) is 2.72. The Morgan fingerprint density at radius 2 is 2.10 bits per heavy atom. The Kier molecular flexibility index (Phi) is 4.55. The Morgan fingerprint density at radius 1 is 1.29 bits per heavy atom. The number of methoxy groups -OCH3 is 2. The molecule has 7 heteroatoms. The fourth-order valence-electron chi connectivity index (χ4n) is 1.87.